The molecule has 3 aromatic heterocycles. The van der Waals surface area contributed by atoms with Crippen LogP contribution < -0.4 is 25.6 Å². The van der Waals surface area contributed by atoms with Crippen molar-refractivity contribution in [2.45, 2.75) is 123 Å². The molecule has 4 N–H and O–H groups in total. The number of pyridine rings is 1. The molecule has 0 radical (unpaired) electrons. The number of aryl methyl sites for hydroxylation is 2. The molecule has 5 atom stereocenters. The zero-order valence-electron chi connectivity index (χ0n) is 45.2. The fourth-order valence-electron chi connectivity index (χ4n) is 11.9. The Morgan fingerprint density at radius 2 is 1.71 bits per heavy atom. The average molecular weight is 1070 g/mol. The highest BCUT2D eigenvalue weighted by Gasteiger charge is 2.42. The molecule has 408 valence electrons. The summed E-state index contributed by atoms with van der Waals surface area (Å²) in [5.74, 6) is -0.334. The molecule has 6 aromatic rings. The van der Waals surface area contributed by atoms with Gasteiger partial charge in [0.25, 0.3) is 0 Å². The third-order valence-electron chi connectivity index (χ3n) is 16.1. The fraction of sp³-hybridized carbons (Fsp3) is 0.508. The van der Waals surface area contributed by atoms with Gasteiger partial charge in [0.2, 0.25) is 17.7 Å². The van der Waals surface area contributed by atoms with Crippen LogP contribution in [0.2, 0.25) is 0 Å². The summed E-state index contributed by atoms with van der Waals surface area (Å²) < 4.78 is 29.3. The highest BCUT2D eigenvalue weighted by molar-refractivity contribution is 7.13. The molecule has 0 aliphatic carbocycles. The number of carbonyl (C=O) groups excluding carboxylic acids is 3. The van der Waals surface area contributed by atoms with Crippen molar-refractivity contribution in [2.24, 2.45) is 11.3 Å². The number of phenols is 1. The van der Waals surface area contributed by atoms with Crippen molar-refractivity contribution in [1.82, 2.24) is 45.7 Å². The first-order valence-electron chi connectivity index (χ1n) is 27.6. The van der Waals surface area contributed by atoms with E-state index in [1.54, 1.807) is 34.6 Å². The summed E-state index contributed by atoms with van der Waals surface area (Å²) in [6.07, 6.45) is 8.54. The number of aromatic nitrogens is 4. The van der Waals surface area contributed by atoms with E-state index in [1.807, 2.05) is 82.6 Å². The molecule has 4 aliphatic rings. The van der Waals surface area contributed by atoms with Gasteiger partial charge >= 0.3 is 6.01 Å². The maximum absolute atomic E-state index is 17.1. The Labute approximate surface area is 454 Å². The van der Waals surface area contributed by atoms with E-state index in [0.29, 0.717) is 73.9 Å². The molecule has 4 aliphatic heterocycles. The minimum Gasteiger partial charge on any atom is -0.508 e. The van der Waals surface area contributed by atoms with Gasteiger partial charge in [0.1, 0.15) is 48.1 Å². The summed E-state index contributed by atoms with van der Waals surface area (Å²) in [6, 6.07) is 16.3. The number of hydrogen-bond acceptors (Lipinski definition) is 14. The van der Waals surface area contributed by atoms with Gasteiger partial charge in [-0.05, 0) is 129 Å². The van der Waals surface area contributed by atoms with Gasteiger partial charge in [0.15, 0.2) is 5.82 Å². The first kappa shape index (κ1) is 54.0. The minimum atomic E-state index is -0.838. The fourth-order valence-corrected chi connectivity index (χ4v) is 12.7. The SMILES string of the molecule is CCc1cccc2cc(O)cc(-c3ncc4c(N5CC6CCC(C5)N6)nc(OCCN5CCC(CCOCC(=O)NC(C(=O)N6CCCC6C(=O)NC(C)c6ccc(-c7scnc7C)cc6)C(C)(C)C)CC5)nc4c3F)c12. The Morgan fingerprint density at radius 1 is 0.948 bits per heavy atom. The van der Waals surface area contributed by atoms with Gasteiger partial charge < -0.3 is 40.3 Å². The summed E-state index contributed by atoms with van der Waals surface area (Å²) in [5.41, 5.74) is 6.07. The predicted octanol–water partition coefficient (Wildman–Crippen LogP) is 8.52. The molecule has 2 bridgehead atoms. The molecule has 10 rings (SSSR count). The highest BCUT2D eigenvalue weighted by Crippen LogP contribution is 2.39. The third kappa shape index (κ3) is 12.1. The Bertz CT molecular complexity index is 3090. The van der Waals surface area contributed by atoms with Gasteiger partial charge in [-0.3, -0.25) is 24.3 Å². The van der Waals surface area contributed by atoms with Crippen LogP contribution in [0.5, 0.6) is 11.8 Å². The van der Waals surface area contributed by atoms with Gasteiger partial charge in [-0.15, -0.1) is 11.3 Å². The van der Waals surface area contributed by atoms with E-state index in [0.717, 1.165) is 103 Å². The van der Waals surface area contributed by atoms with Crippen molar-refractivity contribution in [3.8, 4) is 33.5 Å². The highest BCUT2D eigenvalue weighted by atomic mass is 32.1. The Hall–Kier alpha value is -6.34. The lowest BCUT2D eigenvalue weighted by Gasteiger charge is -2.35. The molecule has 18 heteroatoms. The van der Waals surface area contributed by atoms with E-state index >= 15 is 4.39 Å². The number of nitrogens with zero attached hydrogens (tertiary/aromatic N) is 7. The molecule has 4 saturated heterocycles. The van der Waals surface area contributed by atoms with Crippen LogP contribution in [0.1, 0.15) is 102 Å². The van der Waals surface area contributed by atoms with Crippen LogP contribution in [0.25, 0.3) is 43.4 Å². The number of amides is 3. The Morgan fingerprint density at radius 3 is 2.43 bits per heavy atom. The van der Waals surface area contributed by atoms with E-state index in [4.69, 9.17) is 24.4 Å². The maximum atomic E-state index is 17.1. The molecule has 3 amide bonds. The minimum absolute atomic E-state index is 0.0350. The zero-order chi connectivity index (χ0) is 54.0. The number of benzene rings is 3. The number of aromatic hydroxyl groups is 1. The van der Waals surface area contributed by atoms with Crippen molar-refractivity contribution in [3.63, 3.8) is 0 Å². The zero-order valence-corrected chi connectivity index (χ0v) is 46.1. The van der Waals surface area contributed by atoms with Crippen molar-refractivity contribution in [1.29, 1.82) is 0 Å². The number of ether oxygens (including phenoxy) is 2. The van der Waals surface area contributed by atoms with E-state index in [1.165, 1.54) is 0 Å². The van der Waals surface area contributed by atoms with Crippen LogP contribution in [0.4, 0.5) is 10.2 Å². The third-order valence-corrected chi connectivity index (χ3v) is 17.1. The van der Waals surface area contributed by atoms with Crippen molar-refractivity contribution in [3.05, 3.63) is 88.9 Å². The second kappa shape index (κ2) is 23.3. The molecule has 4 fully saturated rings. The van der Waals surface area contributed by atoms with Crippen LogP contribution in [0, 0.1) is 24.1 Å². The van der Waals surface area contributed by atoms with Crippen LogP contribution in [-0.2, 0) is 25.5 Å². The summed E-state index contributed by atoms with van der Waals surface area (Å²) in [4.78, 5) is 67.3. The van der Waals surface area contributed by atoms with Crippen molar-refractivity contribution >= 4 is 56.6 Å². The second-order valence-electron chi connectivity index (χ2n) is 22.6. The number of likely N-dealkylation sites (tertiary alicyclic amines) is 2. The van der Waals surface area contributed by atoms with Gasteiger partial charge in [-0.25, -0.2) is 9.37 Å². The van der Waals surface area contributed by atoms with Gasteiger partial charge in [-0.1, -0.05) is 70.2 Å². The van der Waals surface area contributed by atoms with Crippen LogP contribution >= 0.6 is 11.3 Å². The number of rotatable bonds is 18. The van der Waals surface area contributed by atoms with Gasteiger partial charge in [0.05, 0.1) is 27.5 Å². The Balaban J connectivity index is 0.700. The standard InChI is InChI=1S/C59H73FN10O6S/c1-7-38-10-8-11-41-28-44(71)29-45(49(38)41)51-50(60)52-46(30-61-51)55(69-31-42-17-18-43(32-69)64-42)67-58(66-52)76-27-25-68-23-19-37(20-24-68)21-26-75-33-48(72)65-54(59(4,5)6)57(74)70-22-9-12-47(70)56(73)63-35(2)39-13-15-40(16-14-39)53-36(3)62-34-77-53/h8,10-11,13-16,28-30,34-35,37,42-43,47,54,64,71H,7,9,12,17-27,31-33H2,1-6H3,(H,63,73)(H,65,72). The molecule has 77 heavy (non-hydrogen) atoms. The first-order valence-corrected chi connectivity index (χ1v) is 28.5. The molecule has 5 unspecified atom stereocenters. The topological polar surface area (TPSA) is 187 Å². The number of carbonyl (C=O) groups is 3. The molecule has 3 aromatic carbocycles. The lowest BCUT2D eigenvalue weighted by atomic mass is 9.85. The second-order valence-corrected chi connectivity index (χ2v) is 23.4. The molecule has 0 spiro atoms. The monoisotopic (exact) mass is 1070 g/mol. The quantitative estimate of drug-likeness (QED) is 0.0601. The average Bonchev–Trinajstić information content (AvgIpc) is 4.23. The number of piperazine rings is 1. The smallest absolute Gasteiger partial charge is 0.319 e. The van der Waals surface area contributed by atoms with Crippen molar-refractivity contribution < 1.29 is 33.4 Å². The largest absolute Gasteiger partial charge is 0.508 e. The molecular weight excluding hydrogens is 996 g/mol. The van der Waals surface area contributed by atoms with Gasteiger partial charge in [0, 0.05) is 56.6 Å². The summed E-state index contributed by atoms with van der Waals surface area (Å²) >= 11 is 1.60. The predicted molar refractivity (Wildman–Crippen MR) is 298 cm³/mol. The van der Waals surface area contributed by atoms with Crippen LogP contribution in [0.3, 0.4) is 0 Å². The van der Waals surface area contributed by atoms with Crippen molar-refractivity contribution in [2.75, 3.05) is 64.0 Å². The summed E-state index contributed by atoms with van der Waals surface area (Å²) in [7, 11) is 0. The number of nitrogens with one attached hydrogen (secondary N) is 3. The normalized spacial score (nSPS) is 20.0. The van der Waals surface area contributed by atoms with Gasteiger partial charge in [-0.2, -0.15) is 9.97 Å². The number of halogens is 1. The molecular formula is C59H73FN10O6S. The summed E-state index contributed by atoms with van der Waals surface area (Å²) in [5, 5.41) is 22.7. The van der Waals surface area contributed by atoms with Crippen LogP contribution in [-0.4, -0.2) is 136 Å². The number of anilines is 1. The molecule has 0 saturated carbocycles. The number of hydrogen-bond donors (Lipinski definition) is 4. The maximum Gasteiger partial charge on any atom is 0.319 e. The number of phenolic OH excluding ortho intramolecular Hbond substituents is 1. The number of fused-ring (bicyclic) bond motifs is 4. The molecule has 16 nitrogen and oxygen atoms in total. The summed E-state index contributed by atoms with van der Waals surface area (Å²) in [6.45, 7) is 16.6. The molecule has 7 heterocycles. The number of piperidine rings is 1. The first-order chi connectivity index (χ1) is 37.1. The van der Waals surface area contributed by atoms with E-state index < -0.39 is 23.3 Å². The van der Waals surface area contributed by atoms with E-state index in [2.05, 4.69) is 37.7 Å². The number of thiazole rings is 1. The van der Waals surface area contributed by atoms with E-state index in [-0.39, 0.29) is 53.3 Å². The van der Waals surface area contributed by atoms with E-state index in [9.17, 15) is 19.5 Å². The Kier molecular flexibility index (Phi) is 16.4. The van der Waals surface area contributed by atoms with Crippen LogP contribution in [0.15, 0.2) is 66.3 Å². The lowest BCUT2D eigenvalue weighted by molar-refractivity contribution is -0.144. The lowest BCUT2D eigenvalue weighted by Crippen LogP contribution is -2.58.